The second-order valence-corrected chi connectivity index (χ2v) is 8.89. The van der Waals surface area contributed by atoms with Crippen molar-refractivity contribution in [2.75, 3.05) is 47.9 Å². The number of carbonyl (C=O) groups excluding carboxylic acids is 2. The average molecular weight is 473 g/mol. The lowest BCUT2D eigenvalue weighted by molar-refractivity contribution is -0.401. The van der Waals surface area contributed by atoms with Crippen LogP contribution >= 0.6 is 0 Å². The Hall–Kier alpha value is -3.83. The van der Waals surface area contributed by atoms with Crippen molar-refractivity contribution in [2.24, 2.45) is 11.8 Å². The van der Waals surface area contributed by atoms with Gasteiger partial charge in [0.15, 0.2) is 0 Å². The zero-order valence-corrected chi connectivity index (χ0v) is 18.6. The van der Waals surface area contributed by atoms with Crippen molar-refractivity contribution >= 4 is 35.1 Å². The fraction of sp³-hybridized carbons (Fsp3) is 0.455. The molecule has 1 aromatic heterocycles. The van der Waals surface area contributed by atoms with Gasteiger partial charge in [-0.3, -0.25) is 19.8 Å². The molecule has 1 N–H and O–H groups in total. The molecule has 1 unspecified atom stereocenters. The Morgan fingerprint density at radius 3 is 2.62 bits per heavy atom. The van der Waals surface area contributed by atoms with Gasteiger partial charge < -0.3 is 24.3 Å². The first kappa shape index (κ1) is 22.0. The lowest BCUT2D eigenvalue weighted by Crippen LogP contribution is -2.33. The van der Waals surface area contributed by atoms with Crippen LogP contribution in [0.1, 0.15) is 6.92 Å². The maximum atomic E-state index is 15.0. The number of halogens is 1. The number of nitrogens with one attached hydrogen (secondary N) is 1. The van der Waals surface area contributed by atoms with Crippen LogP contribution in [-0.2, 0) is 9.53 Å². The summed E-state index contributed by atoms with van der Waals surface area (Å²) in [4.78, 5) is 38.8. The fourth-order valence-corrected chi connectivity index (χ4v) is 5.03. The minimum absolute atomic E-state index is 0.184. The highest BCUT2D eigenvalue weighted by Crippen LogP contribution is 2.51. The van der Waals surface area contributed by atoms with E-state index in [0.29, 0.717) is 42.2 Å². The first-order valence-corrected chi connectivity index (χ1v) is 11.0. The van der Waals surface area contributed by atoms with Crippen LogP contribution in [0.25, 0.3) is 0 Å². The molecule has 4 atom stereocenters. The lowest BCUT2D eigenvalue weighted by Gasteiger charge is -2.26. The van der Waals surface area contributed by atoms with Crippen LogP contribution < -0.4 is 20.0 Å². The van der Waals surface area contributed by atoms with E-state index in [1.165, 1.54) is 24.0 Å². The molecule has 0 radical (unpaired) electrons. The van der Waals surface area contributed by atoms with E-state index in [2.05, 4.69) is 5.32 Å². The number of fused-ring (bicyclic) bond motifs is 1. The Morgan fingerprint density at radius 2 is 2.00 bits per heavy atom. The van der Waals surface area contributed by atoms with E-state index in [9.17, 15) is 19.7 Å². The zero-order valence-electron chi connectivity index (χ0n) is 18.6. The predicted octanol–water partition coefficient (Wildman–Crippen LogP) is 2.36. The second-order valence-electron chi connectivity index (χ2n) is 8.89. The molecule has 1 aromatic carbocycles. The van der Waals surface area contributed by atoms with Gasteiger partial charge in [0.05, 0.1) is 30.5 Å². The van der Waals surface area contributed by atoms with Gasteiger partial charge in [-0.1, -0.05) is 0 Å². The van der Waals surface area contributed by atoms with Gasteiger partial charge in [-0.2, -0.15) is 0 Å². The highest BCUT2D eigenvalue weighted by Gasteiger charge is 2.58. The molecule has 2 amide bonds. The Balaban J connectivity index is 1.20. The summed E-state index contributed by atoms with van der Waals surface area (Å²) in [6.07, 6.45) is -1.07. The highest BCUT2D eigenvalue weighted by molar-refractivity contribution is 5.90. The third-order valence-electron chi connectivity index (χ3n) is 6.74. The largest absolute Gasteiger partial charge is 0.442 e. The van der Waals surface area contributed by atoms with E-state index >= 15 is 4.39 Å². The van der Waals surface area contributed by atoms with Crippen LogP contribution in [0.2, 0.25) is 0 Å². The van der Waals surface area contributed by atoms with E-state index in [1.807, 2.05) is 16.8 Å². The molecular weight excluding hydrogens is 449 g/mol. The number of carbonyl (C=O) groups is 2. The van der Waals surface area contributed by atoms with Crippen LogP contribution in [0.5, 0.6) is 0 Å². The third-order valence-corrected chi connectivity index (χ3v) is 6.74. The maximum Gasteiger partial charge on any atom is 0.434 e. The number of hydrogen-bond acceptors (Lipinski definition) is 8. The molecule has 34 heavy (non-hydrogen) atoms. The normalized spacial score (nSPS) is 25.2. The molecule has 0 bridgehead atoms. The Labute approximate surface area is 194 Å². The predicted molar refractivity (Wildman–Crippen MR) is 119 cm³/mol. The molecule has 1 saturated carbocycles. The van der Waals surface area contributed by atoms with E-state index in [-0.39, 0.29) is 30.9 Å². The number of cyclic esters (lactones) is 1. The summed E-state index contributed by atoms with van der Waals surface area (Å²) in [5, 5.41) is 13.5. The van der Waals surface area contributed by atoms with Gasteiger partial charge in [0.2, 0.25) is 11.8 Å². The Bertz CT molecular complexity index is 1140. The van der Waals surface area contributed by atoms with Crippen molar-refractivity contribution in [2.45, 2.75) is 19.1 Å². The van der Waals surface area contributed by atoms with E-state index in [0.717, 1.165) is 0 Å². The molecule has 0 spiro atoms. The Morgan fingerprint density at radius 1 is 1.26 bits per heavy atom. The summed E-state index contributed by atoms with van der Waals surface area (Å²) < 4.78 is 25.6. The molecule has 3 heterocycles. The van der Waals surface area contributed by atoms with Crippen LogP contribution in [0.15, 0.2) is 34.7 Å². The first-order chi connectivity index (χ1) is 16.2. The molecule has 3 aliphatic rings. The van der Waals surface area contributed by atoms with Gasteiger partial charge in [-0.15, -0.1) is 0 Å². The van der Waals surface area contributed by atoms with Gasteiger partial charge in [-0.25, -0.2) is 9.18 Å². The fourth-order valence-electron chi connectivity index (χ4n) is 5.03. The number of hydrogen-bond donors (Lipinski definition) is 1. The average Bonchev–Trinajstić information content (AvgIpc) is 3.22. The Kier molecular flexibility index (Phi) is 5.29. The van der Waals surface area contributed by atoms with Gasteiger partial charge in [-0.05, 0) is 18.2 Å². The molecule has 1 aliphatic carbocycles. The van der Waals surface area contributed by atoms with Gasteiger partial charge in [0.25, 0.3) is 0 Å². The monoisotopic (exact) mass is 473 g/mol. The number of ether oxygens (including phenoxy) is 1. The SMILES string of the molecule is CC(=O)NC[C@H]1CN(c2ccc(N3C[C@@H]4C(N(C)c5ccc([N+](=O)[O-])o5)[C@@H]4C3)c(F)c2)C(=O)O1. The van der Waals surface area contributed by atoms with E-state index < -0.39 is 22.9 Å². The minimum Gasteiger partial charge on any atom is -0.442 e. The number of amides is 2. The molecule has 180 valence electrons. The number of nitrogens with zero attached hydrogens (tertiary/aromatic N) is 4. The molecular formula is C22H24FN5O6. The highest BCUT2D eigenvalue weighted by atomic mass is 19.1. The number of nitro groups is 1. The lowest BCUT2D eigenvalue weighted by atomic mass is 10.2. The van der Waals surface area contributed by atoms with Crippen LogP contribution in [0.4, 0.5) is 32.3 Å². The third kappa shape index (κ3) is 3.88. The van der Waals surface area contributed by atoms with Crippen molar-refractivity contribution in [1.82, 2.24) is 5.32 Å². The zero-order chi connectivity index (χ0) is 24.1. The number of piperidine rings is 1. The standard InChI is InChI=1S/C22H24FN5O6/c1-12(29)24-8-14-9-27(22(30)33-14)13-3-4-18(17(23)7-13)26-10-15-16(11-26)21(15)25(2)19-5-6-20(34-19)28(31)32/h3-7,14-16,21H,8-11H2,1-2H3,(H,24,29)/t14-,15-,16+,21?/m0/s1. The van der Waals surface area contributed by atoms with Crippen LogP contribution in [0.3, 0.4) is 0 Å². The van der Waals surface area contributed by atoms with Crippen LogP contribution in [0, 0.1) is 27.8 Å². The number of benzene rings is 1. The van der Waals surface area contributed by atoms with Crippen molar-refractivity contribution in [3.05, 3.63) is 46.3 Å². The summed E-state index contributed by atoms with van der Waals surface area (Å²) in [5.74, 6) is 0.117. The van der Waals surface area contributed by atoms with Crippen molar-refractivity contribution in [1.29, 1.82) is 0 Å². The molecule has 2 saturated heterocycles. The molecule has 3 fully saturated rings. The summed E-state index contributed by atoms with van der Waals surface area (Å²) >= 11 is 0. The topological polar surface area (TPSA) is 121 Å². The van der Waals surface area contributed by atoms with Gasteiger partial charge in [0, 0.05) is 51.0 Å². The van der Waals surface area contributed by atoms with Crippen molar-refractivity contribution in [3.8, 4) is 0 Å². The van der Waals surface area contributed by atoms with Gasteiger partial charge >= 0.3 is 12.0 Å². The minimum atomic E-state index is -0.575. The van der Waals surface area contributed by atoms with Crippen LogP contribution in [-0.4, -0.2) is 62.3 Å². The molecule has 12 heteroatoms. The summed E-state index contributed by atoms with van der Waals surface area (Å²) in [7, 11) is 1.85. The molecule has 11 nitrogen and oxygen atoms in total. The van der Waals surface area contributed by atoms with E-state index in [4.69, 9.17) is 9.15 Å². The number of furan rings is 1. The second kappa shape index (κ2) is 8.19. The number of rotatable bonds is 7. The van der Waals surface area contributed by atoms with Crippen molar-refractivity contribution < 1.29 is 28.1 Å². The van der Waals surface area contributed by atoms with Crippen molar-refractivity contribution in [3.63, 3.8) is 0 Å². The molecule has 2 aromatic rings. The molecule has 5 rings (SSSR count). The molecule has 2 aliphatic heterocycles. The summed E-state index contributed by atoms with van der Waals surface area (Å²) in [6.45, 7) is 3.13. The number of anilines is 3. The maximum absolute atomic E-state index is 15.0. The van der Waals surface area contributed by atoms with Gasteiger partial charge in [0.1, 0.15) is 16.8 Å². The first-order valence-electron chi connectivity index (χ1n) is 11.0. The summed E-state index contributed by atoms with van der Waals surface area (Å²) in [6, 6.07) is 7.79. The smallest absolute Gasteiger partial charge is 0.434 e. The quantitative estimate of drug-likeness (QED) is 0.481. The van der Waals surface area contributed by atoms with E-state index in [1.54, 1.807) is 18.2 Å². The summed E-state index contributed by atoms with van der Waals surface area (Å²) in [5.41, 5.74) is 0.867.